The van der Waals surface area contributed by atoms with Gasteiger partial charge in [0, 0.05) is 32.7 Å². The number of nitrogens with zero attached hydrogens (tertiary/aromatic N) is 2. The number of hydrogen-bond acceptors (Lipinski definition) is 4. The van der Waals surface area contributed by atoms with Crippen LogP contribution in [0.4, 0.5) is 4.39 Å². The fourth-order valence-corrected chi connectivity index (χ4v) is 3.51. The van der Waals surface area contributed by atoms with Crippen molar-refractivity contribution in [3.63, 3.8) is 0 Å². The smallest absolute Gasteiger partial charge is 0.243 e. The van der Waals surface area contributed by atoms with Gasteiger partial charge < -0.3 is 5.11 Å². The van der Waals surface area contributed by atoms with Crippen LogP contribution in [0, 0.1) is 5.82 Å². The standard InChI is InChI=1S/C12H17FN2O3S/c13-11-1-3-12(4-2-11)19(17,18)15-7-5-14(6-8-15)9-10-16/h1-4,16H,5-10H2. The first-order valence-corrected chi connectivity index (χ1v) is 7.57. The Labute approximate surface area is 112 Å². The lowest BCUT2D eigenvalue weighted by Gasteiger charge is -2.33. The summed E-state index contributed by atoms with van der Waals surface area (Å²) in [4.78, 5) is 2.13. The number of aliphatic hydroxyl groups excluding tert-OH is 1. The summed E-state index contributed by atoms with van der Waals surface area (Å²) >= 11 is 0. The second-order valence-corrected chi connectivity index (χ2v) is 6.36. The topological polar surface area (TPSA) is 60.9 Å². The summed E-state index contributed by atoms with van der Waals surface area (Å²) in [6.45, 7) is 2.61. The Hall–Kier alpha value is -1.02. The molecule has 0 aliphatic carbocycles. The zero-order valence-electron chi connectivity index (χ0n) is 10.5. The zero-order valence-corrected chi connectivity index (χ0v) is 11.3. The molecule has 1 aliphatic rings. The van der Waals surface area contributed by atoms with Crippen LogP contribution in [-0.2, 0) is 10.0 Å². The van der Waals surface area contributed by atoms with E-state index in [0.29, 0.717) is 32.7 Å². The molecule has 2 rings (SSSR count). The molecule has 106 valence electrons. The molecule has 0 bridgehead atoms. The third-order valence-corrected chi connectivity index (χ3v) is 5.11. The number of β-amino-alcohol motifs (C(OH)–C–C–N with tert-alkyl or cyclic N) is 1. The van der Waals surface area contributed by atoms with E-state index in [2.05, 4.69) is 0 Å². The molecular weight excluding hydrogens is 271 g/mol. The highest BCUT2D eigenvalue weighted by Gasteiger charge is 2.28. The lowest BCUT2D eigenvalue weighted by molar-refractivity contribution is 0.151. The number of piperazine rings is 1. The molecule has 19 heavy (non-hydrogen) atoms. The van der Waals surface area contributed by atoms with Gasteiger partial charge in [0.15, 0.2) is 0 Å². The first kappa shape index (κ1) is 14.4. The van der Waals surface area contributed by atoms with E-state index in [4.69, 9.17) is 5.11 Å². The lowest BCUT2D eigenvalue weighted by atomic mass is 10.3. The maximum atomic E-state index is 12.8. The van der Waals surface area contributed by atoms with Gasteiger partial charge in [-0.3, -0.25) is 4.90 Å². The summed E-state index contributed by atoms with van der Waals surface area (Å²) in [5.74, 6) is -0.452. The van der Waals surface area contributed by atoms with E-state index in [1.165, 1.54) is 16.4 Å². The molecule has 0 radical (unpaired) electrons. The van der Waals surface area contributed by atoms with Crippen LogP contribution in [0.25, 0.3) is 0 Å². The van der Waals surface area contributed by atoms with Crippen LogP contribution in [-0.4, -0.2) is 62.1 Å². The van der Waals surface area contributed by atoms with Gasteiger partial charge in [0.05, 0.1) is 11.5 Å². The number of hydrogen-bond donors (Lipinski definition) is 1. The van der Waals surface area contributed by atoms with Gasteiger partial charge in [-0.1, -0.05) is 0 Å². The number of rotatable bonds is 4. The molecule has 1 saturated heterocycles. The van der Waals surface area contributed by atoms with Crippen molar-refractivity contribution in [1.29, 1.82) is 0 Å². The normalized spacial score (nSPS) is 18.6. The molecule has 7 heteroatoms. The van der Waals surface area contributed by atoms with Gasteiger partial charge in [0.2, 0.25) is 10.0 Å². The van der Waals surface area contributed by atoms with Crippen LogP contribution < -0.4 is 0 Å². The van der Waals surface area contributed by atoms with Crippen molar-refractivity contribution in [2.24, 2.45) is 0 Å². The van der Waals surface area contributed by atoms with E-state index in [0.717, 1.165) is 12.1 Å². The largest absolute Gasteiger partial charge is 0.395 e. The van der Waals surface area contributed by atoms with Crippen LogP contribution >= 0.6 is 0 Å². The summed E-state index contributed by atoms with van der Waals surface area (Å²) in [7, 11) is -3.54. The molecule has 0 spiro atoms. The highest BCUT2D eigenvalue weighted by molar-refractivity contribution is 7.89. The van der Waals surface area contributed by atoms with Crippen LogP contribution in [0.3, 0.4) is 0 Å². The number of sulfonamides is 1. The maximum Gasteiger partial charge on any atom is 0.243 e. The number of aliphatic hydroxyl groups is 1. The van der Waals surface area contributed by atoms with Crippen LogP contribution in [0.15, 0.2) is 29.2 Å². The van der Waals surface area contributed by atoms with Gasteiger partial charge in [0.1, 0.15) is 5.82 Å². The van der Waals surface area contributed by atoms with E-state index < -0.39 is 15.8 Å². The third-order valence-electron chi connectivity index (χ3n) is 3.20. The van der Waals surface area contributed by atoms with Gasteiger partial charge in [0.25, 0.3) is 0 Å². The molecule has 0 aromatic heterocycles. The zero-order chi connectivity index (χ0) is 13.9. The lowest BCUT2D eigenvalue weighted by Crippen LogP contribution is -2.49. The predicted molar refractivity (Wildman–Crippen MR) is 68.7 cm³/mol. The van der Waals surface area contributed by atoms with Crippen LogP contribution in [0.1, 0.15) is 0 Å². The summed E-state index contributed by atoms with van der Waals surface area (Å²) in [6, 6.07) is 4.86. The predicted octanol–water partition coefficient (Wildman–Crippen LogP) is 0.124. The molecule has 1 N–H and O–H groups in total. The summed E-state index contributed by atoms with van der Waals surface area (Å²) in [5.41, 5.74) is 0. The van der Waals surface area contributed by atoms with E-state index in [-0.39, 0.29) is 11.5 Å². The Morgan fingerprint density at radius 3 is 2.21 bits per heavy atom. The fourth-order valence-electron chi connectivity index (χ4n) is 2.09. The molecule has 0 saturated carbocycles. The van der Waals surface area contributed by atoms with Gasteiger partial charge in [-0.15, -0.1) is 0 Å². The Bertz CT molecular complexity index is 510. The van der Waals surface area contributed by atoms with Crippen molar-refractivity contribution >= 4 is 10.0 Å². The van der Waals surface area contributed by atoms with Crippen molar-refractivity contribution < 1.29 is 17.9 Å². The van der Waals surface area contributed by atoms with Crippen molar-refractivity contribution in [2.45, 2.75) is 4.90 Å². The first-order chi connectivity index (χ1) is 9.04. The van der Waals surface area contributed by atoms with E-state index >= 15 is 0 Å². The molecule has 5 nitrogen and oxygen atoms in total. The van der Waals surface area contributed by atoms with Crippen molar-refractivity contribution in [2.75, 3.05) is 39.3 Å². The van der Waals surface area contributed by atoms with Crippen molar-refractivity contribution in [3.8, 4) is 0 Å². The molecule has 1 aliphatic heterocycles. The minimum atomic E-state index is -3.54. The average molecular weight is 288 g/mol. The average Bonchev–Trinajstić information content (AvgIpc) is 2.40. The van der Waals surface area contributed by atoms with Gasteiger partial charge >= 0.3 is 0 Å². The number of halogens is 1. The Balaban J connectivity index is 2.07. The summed E-state index contributed by atoms with van der Waals surface area (Å²) in [5, 5.41) is 8.84. The molecule has 1 aromatic rings. The van der Waals surface area contributed by atoms with Gasteiger partial charge in [-0.2, -0.15) is 4.31 Å². The Morgan fingerprint density at radius 1 is 1.11 bits per heavy atom. The van der Waals surface area contributed by atoms with Crippen LogP contribution in [0.5, 0.6) is 0 Å². The highest BCUT2D eigenvalue weighted by Crippen LogP contribution is 2.17. The molecule has 1 heterocycles. The first-order valence-electron chi connectivity index (χ1n) is 6.13. The van der Waals surface area contributed by atoms with E-state index in [1.54, 1.807) is 0 Å². The second-order valence-electron chi connectivity index (χ2n) is 4.42. The Morgan fingerprint density at radius 2 is 1.68 bits per heavy atom. The fraction of sp³-hybridized carbons (Fsp3) is 0.500. The molecular formula is C12H17FN2O3S. The third kappa shape index (κ3) is 3.30. The quantitative estimate of drug-likeness (QED) is 0.855. The molecule has 1 aromatic carbocycles. The monoisotopic (exact) mass is 288 g/mol. The summed E-state index contributed by atoms with van der Waals surface area (Å²) < 4.78 is 38.8. The van der Waals surface area contributed by atoms with Gasteiger partial charge in [-0.05, 0) is 24.3 Å². The van der Waals surface area contributed by atoms with E-state index in [9.17, 15) is 12.8 Å². The van der Waals surface area contributed by atoms with E-state index in [1.807, 2.05) is 4.90 Å². The minimum absolute atomic E-state index is 0.0741. The highest BCUT2D eigenvalue weighted by atomic mass is 32.2. The maximum absolute atomic E-state index is 12.8. The second kappa shape index (κ2) is 5.96. The summed E-state index contributed by atoms with van der Waals surface area (Å²) in [6.07, 6.45) is 0. The molecule has 0 amide bonds. The van der Waals surface area contributed by atoms with Crippen LogP contribution in [0.2, 0.25) is 0 Å². The molecule has 0 unspecified atom stereocenters. The van der Waals surface area contributed by atoms with Gasteiger partial charge in [-0.25, -0.2) is 12.8 Å². The van der Waals surface area contributed by atoms with Crippen molar-refractivity contribution in [1.82, 2.24) is 9.21 Å². The molecule has 0 atom stereocenters. The molecule has 1 fully saturated rings. The SMILES string of the molecule is O=S(=O)(c1ccc(F)cc1)N1CCN(CCO)CC1. The van der Waals surface area contributed by atoms with Crippen molar-refractivity contribution in [3.05, 3.63) is 30.1 Å². The minimum Gasteiger partial charge on any atom is -0.395 e. The number of benzene rings is 1. The Kier molecular flexibility index (Phi) is 4.51.